The first-order valence-corrected chi connectivity index (χ1v) is 8.34. The van der Waals surface area contributed by atoms with Gasteiger partial charge in [0.2, 0.25) is 0 Å². The number of halogens is 3. The number of pyridine rings is 1. The van der Waals surface area contributed by atoms with Crippen LogP contribution in [-0.2, 0) is 6.54 Å². The molecule has 144 valence electrons. The lowest BCUT2D eigenvalue weighted by molar-refractivity contribution is 0.0950. The number of benzene rings is 1. The number of nitrogens with zero attached hydrogens (tertiary/aromatic N) is 4. The van der Waals surface area contributed by atoms with Crippen LogP contribution < -0.4 is 11.1 Å². The normalized spacial score (nSPS) is 11.1. The summed E-state index contributed by atoms with van der Waals surface area (Å²) in [6.07, 6.45) is 0. The Labute approximate surface area is 162 Å². The van der Waals surface area contributed by atoms with E-state index < -0.39 is 17.5 Å². The number of hydrogen-bond donors (Lipinski definition) is 3. The number of anilines is 1. The predicted octanol–water partition coefficient (Wildman–Crippen LogP) is 3.97. The van der Waals surface area contributed by atoms with Gasteiger partial charge in [-0.3, -0.25) is 9.89 Å². The molecule has 0 spiro atoms. The molecule has 0 saturated heterocycles. The molecule has 0 aliphatic carbocycles. The fourth-order valence-electron chi connectivity index (χ4n) is 2.24. The van der Waals surface area contributed by atoms with E-state index in [0.29, 0.717) is 11.4 Å². The Morgan fingerprint density at radius 2 is 2.04 bits per heavy atom. The van der Waals surface area contributed by atoms with Crippen molar-refractivity contribution in [2.75, 3.05) is 5.73 Å². The summed E-state index contributed by atoms with van der Waals surface area (Å²) in [5.74, 6) is -2.46. The Balaban J connectivity index is 1.74. The van der Waals surface area contributed by atoms with Crippen LogP contribution in [0, 0.1) is 18.6 Å². The number of aromatic amines is 1. The zero-order valence-corrected chi connectivity index (χ0v) is 15.3. The van der Waals surface area contributed by atoms with Crippen LogP contribution in [0.5, 0.6) is 0 Å². The highest BCUT2D eigenvalue weighted by Gasteiger charge is 2.15. The molecular weight excluding hydrogens is 392 g/mol. The Bertz CT molecular complexity index is 1070. The fourth-order valence-corrected chi connectivity index (χ4v) is 2.52. The summed E-state index contributed by atoms with van der Waals surface area (Å²) < 4.78 is 26.2. The number of nitrogens with two attached hydrogens (primary N) is 1. The predicted molar refractivity (Wildman–Crippen MR) is 98.7 cm³/mol. The van der Waals surface area contributed by atoms with E-state index in [4.69, 9.17) is 17.3 Å². The molecule has 1 amide bonds. The van der Waals surface area contributed by atoms with Crippen molar-refractivity contribution < 1.29 is 13.6 Å². The second-order valence-corrected chi connectivity index (χ2v) is 6.07. The summed E-state index contributed by atoms with van der Waals surface area (Å²) in [7, 11) is 0. The Hall–Kier alpha value is -3.40. The zero-order chi connectivity index (χ0) is 20.3. The second-order valence-electron chi connectivity index (χ2n) is 5.71. The van der Waals surface area contributed by atoms with Crippen LogP contribution in [0.1, 0.15) is 21.7 Å². The van der Waals surface area contributed by atoms with Gasteiger partial charge >= 0.3 is 0 Å². The molecular formula is C17H14ClF2N7O. The second kappa shape index (κ2) is 8.09. The van der Waals surface area contributed by atoms with E-state index in [1.165, 1.54) is 6.07 Å². The molecule has 0 fully saturated rings. The molecule has 3 aromatic rings. The van der Waals surface area contributed by atoms with Crippen LogP contribution >= 0.6 is 11.6 Å². The van der Waals surface area contributed by atoms with Gasteiger partial charge in [-0.15, -0.1) is 5.11 Å². The van der Waals surface area contributed by atoms with Crippen molar-refractivity contribution in [1.82, 2.24) is 20.5 Å². The Morgan fingerprint density at radius 1 is 1.25 bits per heavy atom. The molecule has 0 bridgehead atoms. The van der Waals surface area contributed by atoms with E-state index >= 15 is 0 Å². The first-order chi connectivity index (χ1) is 13.3. The summed E-state index contributed by atoms with van der Waals surface area (Å²) in [5, 5.41) is 16.9. The first kappa shape index (κ1) is 19.4. The Morgan fingerprint density at radius 3 is 2.75 bits per heavy atom. The monoisotopic (exact) mass is 405 g/mol. The van der Waals surface area contributed by atoms with Crippen LogP contribution in [0.2, 0.25) is 5.15 Å². The highest BCUT2D eigenvalue weighted by molar-refractivity contribution is 6.32. The van der Waals surface area contributed by atoms with Gasteiger partial charge in [-0.2, -0.15) is 10.2 Å². The van der Waals surface area contributed by atoms with E-state index in [1.54, 1.807) is 19.1 Å². The lowest BCUT2D eigenvalue weighted by atomic mass is 10.2. The molecule has 3 rings (SSSR count). The SMILES string of the molecule is Cc1ccc(C(=O)NCc2[nH]nc(N)c2N=Nc2ccc(F)c(F)c2)c(Cl)n1. The van der Waals surface area contributed by atoms with Gasteiger partial charge in [0.25, 0.3) is 5.91 Å². The highest BCUT2D eigenvalue weighted by Crippen LogP contribution is 2.27. The maximum absolute atomic E-state index is 13.2. The third-order valence-electron chi connectivity index (χ3n) is 3.67. The molecule has 28 heavy (non-hydrogen) atoms. The van der Waals surface area contributed by atoms with E-state index in [9.17, 15) is 13.6 Å². The highest BCUT2D eigenvalue weighted by atomic mass is 35.5. The Kier molecular flexibility index (Phi) is 5.59. The molecule has 1 aromatic carbocycles. The van der Waals surface area contributed by atoms with Crippen molar-refractivity contribution in [2.24, 2.45) is 10.2 Å². The summed E-state index contributed by atoms with van der Waals surface area (Å²) in [6.45, 7) is 1.75. The van der Waals surface area contributed by atoms with E-state index in [1.807, 2.05) is 0 Å². The topological polar surface area (TPSA) is 121 Å². The fraction of sp³-hybridized carbons (Fsp3) is 0.118. The van der Waals surface area contributed by atoms with Gasteiger partial charge in [0.15, 0.2) is 23.1 Å². The minimum Gasteiger partial charge on any atom is -0.380 e. The van der Waals surface area contributed by atoms with Gasteiger partial charge in [0.1, 0.15) is 5.15 Å². The van der Waals surface area contributed by atoms with Crippen molar-refractivity contribution in [3.8, 4) is 0 Å². The van der Waals surface area contributed by atoms with Crippen molar-refractivity contribution in [1.29, 1.82) is 0 Å². The molecule has 2 aromatic heterocycles. The number of nitrogen functional groups attached to an aromatic ring is 1. The minimum atomic E-state index is -1.05. The van der Waals surface area contributed by atoms with Gasteiger partial charge in [0, 0.05) is 11.8 Å². The van der Waals surface area contributed by atoms with Crippen molar-refractivity contribution in [3.05, 3.63) is 64.1 Å². The standard InChI is InChI=1S/C17H14ClF2N7O/c1-8-2-4-10(15(18)23-8)17(28)22-7-13-14(16(21)27-25-13)26-24-9-3-5-11(19)12(20)6-9/h2-6H,7H2,1H3,(H,22,28)(H3,21,25,27). The largest absolute Gasteiger partial charge is 0.380 e. The number of nitrogens with one attached hydrogen (secondary N) is 2. The summed E-state index contributed by atoms with van der Waals surface area (Å²) in [4.78, 5) is 16.3. The molecule has 4 N–H and O–H groups in total. The van der Waals surface area contributed by atoms with Gasteiger partial charge < -0.3 is 11.1 Å². The lowest BCUT2D eigenvalue weighted by Crippen LogP contribution is -2.23. The summed E-state index contributed by atoms with van der Waals surface area (Å²) >= 11 is 5.98. The van der Waals surface area contributed by atoms with E-state index in [-0.39, 0.29) is 34.5 Å². The zero-order valence-electron chi connectivity index (χ0n) is 14.5. The average Bonchev–Trinajstić information content (AvgIpc) is 3.00. The number of aromatic nitrogens is 3. The van der Waals surface area contributed by atoms with E-state index in [0.717, 1.165) is 12.1 Å². The minimum absolute atomic E-state index is 0.000624. The van der Waals surface area contributed by atoms with Gasteiger partial charge in [-0.05, 0) is 31.2 Å². The molecule has 11 heteroatoms. The number of carbonyl (C=O) groups is 1. The van der Waals surface area contributed by atoms with Crippen LogP contribution in [0.15, 0.2) is 40.6 Å². The molecule has 0 atom stereocenters. The molecule has 2 heterocycles. The van der Waals surface area contributed by atoms with Crippen LogP contribution in [0.25, 0.3) is 0 Å². The number of rotatable bonds is 5. The number of aryl methyl sites for hydroxylation is 1. The van der Waals surface area contributed by atoms with Gasteiger partial charge in [0.05, 0.1) is 23.5 Å². The first-order valence-electron chi connectivity index (χ1n) is 7.96. The lowest BCUT2D eigenvalue weighted by Gasteiger charge is -2.06. The maximum Gasteiger partial charge on any atom is 0.254 e. The molecule has 0 aliphatic heterocycles. The molecule has 0 radical (unpaired) electrons. The third-order valence-corrected chi connectivity index (χ3v) is 3.95. The van der Waals surface area contributed by atoms with Crippen LogP contribution in [0.4, 0.5) is 26.0 Å². The van der Waals surface area contributed by atoms with Crippen molar-refractivity contribution in [2.45, 2.75) is 13.5 Å². The average molecular weight is 406 g/mol. The van der Waals surface area contributed by atoms with Crippen LogP contribution in [-0.4, -0.2) is 21.1 Å². The van der Waals surface area contributed by atoms with E-state index in [2.05, 4.69) is 30.7 Å². The number of azo groups is 1. The quantitative estimate of drug-likeness (QED) is 0.439. The maximum atomic E-state index is 13.2. The van der Waals surface area contributed by atoms with Gasteiger partial charge in [-0.25, -0.2) is 13.8 Å². The molecule has 0 unspecified atom stereocenters. The molecule has 0 saturated carbocycles. The summed E-state index contributed by atoms with van der Waals surface area (Å²) in [5.41, 5.74) is 7.26. The number of carbonyl (C=O) groups excluding carboxylic acids is 1. The van der Waals surface area contributed by atoms with Crippen molar-refractivity contribution >= 4 is 34.7 Å². The molecule has 8 nitrogen and oxygen atoms in total. The third kappa shape index (κ3) is 4.29. The van der Waals surface area contributed by atoms with Gasteiger partial charge in [-0.1, -0.05) is 11.6 Å². The smallest absolute Gasteiger partial charge is 0.254 e. The summed E-state index contributed by atoms with van der Waals surface area (Å²) in [6, 6.07) is 6.30. The number of amides is 1. The molecule has 0 aliphatic rings. The van der Waals surface area contributed by atoms with Crippen molar-refractivity contribution in [3.63, 3.8) is 0 Å². The number of hydrogen-bond acceptors (Lipinski definition) is 6. The number of H-pyrrole nitrogens is 1. The van der Waals surface area contributed by atoms with Crippen LogP contribution in [0.3, 0.4) is 0 Å².